The van der Waals surface area contributed by atoms with E-state index in [0.717, 1.165) is 25.1 Å². The minimum absolute atomic E-state index is 0.346. The normalized spacial score (nSPS) is 18.9. The fraction of sp³-hybridized carbons (Fsp3) is 0.357. The van der Waals surface area contributed by atoms with Gasteiger partial charge in [-0.15, -0.1) is 0 Å². The topological polar surface area (TPSA) is 49.3 Å². The number of nitrogens with one attached hydrogen (secondary N) is 1. The van der Waals surface area contributed by atoms with Crippen LogP contribution in [0.5, 0.6) is 0 Å². The molecule has 17 heavy (non-hydrogen) atoms. The quantitative estimate of drug-likeness (QED) is 0.782. The first-order valence-corrected chi connectivity index (χ1v) is 5.98. The van der Waals surface area contributed by atoms with Crippen molar-refractivity contribution >= 4 is 11.7 Å². The lowest BCUT2D eigenvalue weighted by molar-refractivity contribution is 0.0698. The Bertz CT molecular complexity index is 426. The fourth-order valence-electron chi connectivity index (χ4n) is 2.12. The highest BCUT2D eigenvalue weighted by Crippen LogP contribution is 2.20. The van der Waals surface area contributed by atoms with Crippen molar-refractivity contribution in [2.24, 2.45) is 5.92 Å². The Kier molecular flexibility index (Phi) is 3.81. The Morgan fingerprint density at radius 2 is 2.18 bits per heavy atom. The average molecular weight is 231 g/mol. The van der Waals surface area contributed by atoms with Crippen LogP contribution < -0.4 is 5.32 Å². The van der Waals surface area contributed by atoms with Gasteiger partial charge in [0.2, 0.25) is 0 Å². The molecular weight excluding hydrogens is 214 g/mol. The van der Waals surface area contributed by atoms with Gasteiger partial charge in [0.1, 0.15) is 0 Å². The number of allylic oxidation sites excluding steroid dienone is 2. The molecule has 2 N–H and O–H groups in total. The van der Waals surface area contributed by atoms with Gasteiger partial charge < -0.3 is 10.4 Å². The molecule has 0 aliphatic heterocycles. The molecular formula is C14H17NO2. The van der Waals surface area contributed by atoms with Gasteiger partial charge in [-0.2, -0.15) is 0 Å². The molecule has 1 unspecified atom stereocenters. The first-order valence-electron chi connectivity index (χ1n) is 5.98. The molecule has 2 rings (SSSR count). The van der Waals surface area contributed by atoms with Crippen LogP contribution in [0.4, 0.5) is 5.69 Å². The van der Waals surface area contributed by atoms with Crippen LogP contribution in [-0.4, -0.2) is 17.6 Å². The zero-order valence-corrected chi connectivity index (χ0v) is 9.73. The summed E-state index contributed by atoms with van der Waals surface area (Å²) in [4.78, 5) is 11.0. The third-order valence-electron chi connectivity index (χ3n) is 3.12. The van der Waals surface area contributed by atoms with Gasteiger partial charge in [-0.25, -0.2) is 4.79 Å². The molecule has 1 aliphatic carbocycles. The van der Waals surface area contributed by atoms with Crippen molar-refractivity contribution in [1.29, 1.82) is 0 Å². The van der Waals surface area contributed by atoms with Gasteiger partial charge in [-0.1, -0.05) is 24.3 Å². The van der Waals surface area contributed by atoms with Crippen molar-refractivity contribution in [3.05, 3.63) is 42.0 Å². The van der Waals surface area contributed by atoms with Crippen molar-refractivity contribution < 1.29 is 9.90 Å². The molecule has 0 amide bonds. The van der Waals surface area contributed by atoms with E-state index in [0.29, 0.717) is 11.5 Å². The first-order chi connectivity index (χ1) is 8.27. The summed E-state index contributed by atoms with van der Waals surface area (Å²) in [6, 6.07) is 7.06. The van der Waals surface area contributed by atoms with E-state index in [4.69, 9.17) is 5.11 Å². The predicted octanol–water partition coefficient (Wildman–Crippen LogP) is 3.15. The third-order valence-corrected chi connectivity index (χ3v) is 3.12. The SMILES string of the molecule is O=C(O)c1ccccc1NCC1CC=CCC1. The van der Waals surface area contributed by atoms with Crippen LogP contribution >= 0.6 is 0 Å². The van der Waals surface area contributed by atoms with Gasteiger partial charge in [0.05, 0.1) is 5.56 Å². The largest absolute Gasteiger partial charge is 0.478 e. The Balaban J connectivity index is 1.98. The summed E-state index contributed by atoms with van der Waals surface area (Å²) >= 11 is 0. The van der Waals surface area contributed by atoms with Crippen LogP contribution in [-0.2, 0) is 0 Å². The molecule has 3 nitrogen and oxygen atoms in total. The Morgan fingerprint density at radius 1 is 1.35 bits per heavy atom. The number of benzene rings is 1. The number of carbonyl (C=O) groups is 1. The summed E-state index contributed by atoms with van der Waals surface area (Å²) in [5.41, 5.74) is 1.06. The van der Waals surface area contributed by atoms with E-state index in [1.54, 1.807) is 12.1 Å². The molecule has 1 atom stereocenters. The zero-order valence-electron chi connectivity index (χ0n) is 9.73. The van der Waals surface area contributed by atoms with Crippen LogP contribution in [0.1, 0.15) is 29.6 Å². The van der Waals surface area contributed by atoms with Crippen LogP contribution in [0.2, 0.25) is 0 Å². The van der Waals surface area contributed by atoms with Crippen molar-refractivity contribution in [2.45, 2.75) is 19.3 Å². The summed E-state index contributed by atoms with van der Waals surface area (Å²) in [5, 5.41) is 12.3. The van der Waals surface area contributed by atoms with Gasteiger partial charge in [-0.3, -0.25) is 0 Å². The van der Waals surface area contributed by atoms with E-state index in [1.807, 2.05) is 12.1 Å². The highest BCUT2D eigenvalue weighted by molar-refractivity contribution is 5.94. The number of aromatic carboxylic acids is 1. The number of anilines is 1. The smallest absolute Gasteiger partial charge is 0.337 e. The lowest BCUT2D eigenvalue weighted by atomic mass is 9.94. The maximum Gasteiger partial charge on any atom is 0.337 e. The van der Waals surface area contributed by atoms with E-state index in [9.17, 15) is 4.79 Å². The van der Waals surface area contributed by atoms with Crippen molar-refractivity contribution in [3.8, 4) is 0 Å². The standard InChI is InChI=1S/C14H17NO2/c16-14(17)12-8-4-5-9-13(12)15-10-11-6-2-1-3-7-11/h1-2,4-5,8-9,11,15H,3,6-7,10H2,(H,16,17). The number of rotatable bonds is 4. The van der Waals surface area contributed by atoms with Crippen LogP contribution in [0, 0.1) is 5.92 Å². The van der Waals surface area contributed by atoms with Crippen LogP contribution in [0.3, 0.4) is 0 Å². The summed E-state index contributed by atoms with van der Waals surface area (Å²) in [7, 11) is 0. The average Bonchev–Trinajstić information content (AvgIpc) is 2.38. The lowest BCUT2D eigenvalue weighted by Crippen LogP contribution is -2.16. The van der Waals surface area contributed by atoms with Crippen molar-refractivity contribution in [2.75, 3.05) is 11.9 Å². The number of hydrogen-bond donors (Lipinski definition) is 2. The second-order valence-electron chi connectivity index (χ2n) is 4.38. The maximum atomic E-state index is 11.0. The molecule has 3 heteroatoms. The molecule has 1 aliphatic rings. The second-order valence-corrected chi connectivity index (χ2v) is 4.38. The molecule has 90 valence electrons. The molecule has 1 aromatic carbocycles. The van der Waals surface area contributed by atoms with Crippen molar-refractivity contribution in [3.63, 3.8) is 0 Å². The molecule has 0 radical (unpaired) electrons. The number of carboxylic acid groups (broad SMARTS) is 1. The molecule has 1 aromatic rings. The van der Waals surface area contributed by atoms with Crippen LogP contribution in [0.15, 0.2) is 36.4 Å². The van der Waals surface area contributed by atoms with Gasteiger partial charge in [0.25, 0.3) is 0 Å². The lowest BCUT2D eigenvalue weighted by Gasteiger charge is -2.19. The number of hydrogen-bond acceptors (Lipinski definition) is 2. The summed E-state index contributed by atoms with van der Waals surface area (Å²) in [6.45, 7) is 0.842. The molecule has 0 spiro atoms. The predicted molar refractivity (Wildman–Crippen MR) is 68.4 cm³/mol. The van der Waals surface area contributed by atoms with E-state index in [-0.39, 0.29) is 0 Å². The van der Waals surface area contributed by atoms with E-state index < -0.39 is 5.97 Å². The maximum absolute atomic E-state index is 11.0. The number of para-hydroxylation sites is 1. The van der Waals surface area contributed by atoms with Gasteiger partial charge in [0.15, 0.2) is 0 Å². The van der Waals surface area contributed by atoms with Crippen molar-refractivity contribution in [1.82, 2.24) is 0 Å². The molecule has 0 aromatic heterocycles. The van der Waals surface area contributed by atoms with Gasteiger partial charge in [-0.05, 0) is 37.3 Å². The summed E-state index contributed by atoms with van der Waals surface area (Å²) < 4.78 is 0. The minimum Gasteiger partial charge on any atom is -0.478 e. The molecule has 0 saturated carbocycles. The fourth-order valence-corrected chi connectivity index (χ4v) is 2.12. The van der Waals surface area contributed by atoms with Gasteiger partial charge >= 0.3 is 5.97 Å². The molecule has 0 saturated heterocycles. The monoisotopic (exact) mass is 231 g/mol. The molecule has 0 bridgehead atoms. The van der Waals surface area contributed by atoms with E-state index >= 15 is 0 Å². The second kappa shape index (κ2) is 5.53. The highest BCUT2D eigenvalue weighted by Gasteiger charge is 2.12. The van der Waals surface area contributed by atoms with Gasteiger partial charge in [0, 0.05) is 12.2 Å². The highest BCUT2D eigenvalue weighted by atomic mass is 16.4. The Labute approximate surface area is 101 Å². The van der Waals surface area contributed by atoms with Crippen LogP contribution in [0.25, 0.3) is 0 Å². The van der Waals surface area contributed by atoms with E-state index in [2.05, 4.69) is 17.5 Å². The minimum atomic E-state index is -0.878. The molecule has 0 fully saturated rings. The Morgan fingerprint density at radius 3 is 2.88 bits per heavy atom. The number of carboxylic acids is 1. The summed E-state index contributed by atoms with van der Waals surface area (Å²) in [5.74, 6) is -0.265. The third kappa shape index (κ3) is 3.09. The Hall–Kier alpha value is -1.77. The van der Waals surface area contributed by atoms with E-state index in [1.165, 1.54) is 6.42 Å². The molecule has 0 heterocycles. The summed E-state index contributed by atoms with van der Waals surface area (Å²) in [6.07, 6.45) is 7.81. The zero-order chi connectivity index (χ0) is 12.1. The first kappa shape index (κ1) is 11.7.